The molecule has 0 fully saturated rings. The van der Waals surface area contributed by atoms with E-state index in [1.807, 2.05) is 43.0 Å². The van der Waals surface area contributed by atoms with Crippen LogP contribution >= 0.6 is 0 Å². The Labute approximate surface area is 124 Å². The molecule has 21 heavy (non-hydrogen) atoms. The van der Waals surface area contributed by atoms with Crippen LogP contribution in [0.25, 0.3) is 0 Å². The molecule has 0 unspecified atom stereocenters. The Kier molecular flexibility index (Phi) is 4.42. The number of nitrogens with two attached hydrogens (primary N) is 2. The highest BCUT2D eigenvalue weighted by molar-refractivity contribution is 5.97. The van der Waals surface area contributed by atoms with E-state index in [9.17, 15) is 4.79 Å². The van der Waals surface area contributed by atoms with Crippen molar-refractivity contribution in [2.24, 2.45) is 5.73 Å². The fraction of sp³-hybridized carbons (Fsp3) is 0.250. The Bertz CT molecular complexity index is 640. The van der Waals surface area contributed by atoms with Crippen molar-refractivity contribution >= 4 is 17.4 Å². The zero-order valence-corrected chi connectivity index (χ0v) is 12.3. The maximum atomic E-state index is 11.6. The topological polar surface area (TPSA) is 85.2 Å². The van der Waals surface area contributed by atoms with Crippen LogP contribution in [0.5, 0.6) is 0 Å². The lowest BCUT2D eigenvalue weighted by Crippen LogP contribution is -2.33. The van der Waals surface area contributed by atoms with E-state index in [1.165, 1.54) is 0 Å². The predicted molar refractivity (Wildman–Crippen MR) is 84.9 cm³/mol. The van der Waals surface area contributed by atoms with Crippen molar-refractivity contribution in [3.8, 4) is 0 Å². The monoisotopic (exact) mass is 284 g/mol. The van der Waals surface area contributed by atoms with E-state index in [0.717, 1.165) is 11.3 Å². The molecule has 0 spiro atoms. The van der Waals surface area contributed by atoms with Crippen LogP contribution in [-0.2, 0) is 6.54 Å². The number of hydrogen-bond acceptors (Lipinski definition) is 4. The van der Waals surface area contributed by atoms with Crippen molar-refractivity contribution in [2.45, 2.75) is 26.4 Å². The molecule has 0 saturated carbocycles. The molecule has 5 heteroatoms. The lowest BCUT2D eigenvalue weighted by Gasteiger charge is -2.29. The molecule has 2 rings (SSSR count). The molecule has 0 aliphatic heterocycles. The largest absolute Gasteiger partial charge is 0.398 e. The van der Waals surface area contributed by atoms with Crippen LogP contribution in [0, 0.1) is 0 Å². The lowest BCUT2D eigenvalue weighted by atomic mass is 10.1. The minimum absolute atomic E-state index is 0.151. The van der Waals surface area contributed by atoms with Crippen molar-refractivity contribution in [3.05, 3.63) is 53.7 Å². The van der Waals surface area contributed by atoms with E-state index >= 15 is 0 Å². The Morgan fingerprint density at radius 1 is 1.24 bits per heavy atom. The average Bonchev–Trinajstić information content (AvgIpc) is 2.46. The van der Waals surface area contributed by atoms with E-state index in [1.54, 1.807) is 18.3 Å². The summed E-state index contributed by atoms with van der Waals surface area (Å²) in [5.41, 5.74) is 13.6. The number of pyridine rings is 1. The molecule has 1 amide bonds. The van der Waals surface area contributed by atoms with E-state index in [-0.39, 0.29) is 6.04 Å². The highest BCUT2D eigenvalue weighted by Gasteiger charge is 2.19. The molecule has 4 N–H and O–H groups in total. The molecule has 2 aromatic rings. The normalized spacial score (nSPS) is 10.6. The minimum atomic E-state index is -0.482. The van der Waals surface area contributed by atoms with Gasteiger partial charge in [-0.25, -0.2) is 4.98 Å². The summed E-state index contributed by atoms with van der Waals surface area (Å²) in [4.78, 5) is 18.0. The van der Waals surface area contributed by atoms with Gasteiger partial charge in [-0.05, 0) is 37.6 Å². The first-order chi connectivity index (χ1) is 10.0. The molecule has 1 aromatic carbocycles. The molecule has 0 saturated heterocycles. The van der Waals surface area contributed by atoms with Crippen molar-refractivity contribution in [1.29, 1.82) is 0 Å². The van der Waals surface area contributed by atoms with Crippen LogP contribution in [0.1, 0.15) is 29.8 Å². The number of para-hydroxylation sites is 1. The second-order valence-electron chi connectivity index (χ2n) is 5.16. The molecule has 0 aliphatic rings. The second-order valence-corrected chi connectivity index (χ2v) is 5.16. The lowest BCUT2D eigenvalue weighted by molar-refractivity contribution is 0.100. The van der Waals surface area contributed by atoms with Gasteiger partial charge in [0.1, 0.15) is 5.82 Å². The summed E-state index contributed by atoms with van der Waals surface area (Å²) in [5, 5.41) is 0. The number of amides is 1. The molecule has 0 bridgehead atoms. The third-order valence-corrected chi connectivity index (χ3v) is 3.34. The summed E-state index contributed by atoms with van der Waals surface area (Å²) in [5.74, 6) is 0.105. The molecule has 1 aromatic heterocycles. The van der Waals surface area contributed by atoms with Gasteiger partial charge in [0.2, 0.25) is 0 Å². The molecule has 0 aliphatic carbocycles. The van der Waals surface area contributed by atoms with Gasteiger partial charge in [-0.15, -0.1) is 0 Å². The van der Waals surface area contributed by atoms with Crippen LogP contribution in [0.3, 0.4) is 0 Å². The van der Waals surface area contributed by atoms with Gasteiger partial charge in [-0.1, -0.05) is 18.2 Å². The Morgan fingerprint density at radius 3 is 2.57 bits per heavy atom. The molecule has 110 valence electrons. The van der Waals surface area contributed by atoms with Gasteiger partial charge in [0.05, 0.1) is 5.56 Å². The first kappa shape index (κ1) is 14.8. The maximum absolute atomic E-state index is 11.6. The fourth-order valence-corrected chi connectivity index (χ4v) is 2.18. The number of nitrogens with zero attached hydrogens (tertiary/aromatic N) is 2. The van der Waals surface area contributed by atoms with Crippen LogP contribution < -0.4 is 16.4 Å². The van der Waals surface area contributed by atoms with Crippen molar-refractivity contribution in [3.63, 3.8) is 0 Å². The zero-order chi connectivity index (χ0) is 15.4. The average molecular weight is 284 g/mol. The summed E-state index contributed by atoms with van der Waals surface area (Å²) < 4.78 is 0. The fourth-order valence-electron chi connectivity index (χ4n) is 2.18. The Hall–Kier alpha value is -2.56. The van der Waals surface area contributed by atoms with E-state index in [0.29, 0.717) is 17.9 Å². The SMILES string of the molecule is CC(C)N(Cc1ccccc1N)c1ncccc1C(N)=O. The summed E-state index contributed by atoms with van der Waals surface area (Å²) in [7, 11) is 0. The second kappa shape index (κ2) is 6.26. The van der Waals surface area contributed by atoms with Gasteiger partial charge in [0.15, 0.2) is 0 Å². The van der Waals surface area contributed by atoms with Gasteiger partial charge in [-0.3, -0.25) is 4.79 Å². The van der Waals surface area contributed by atoms with Gasteiger partial charge in [-0.2, -0.15) is 0 Å². The number of benzene rings is 1. The number of rotatable bonds is 5. The van der Waals surface area contributed by atoms with Crippen LogP contribution in [0.15, 0.2) is 42.6 Å². The summed E-state index contributed by atoms with van der Waals surface area (Å²) in [6.45, 7) is 4.65. The first-order valence-electron chi connectivity index (χ1n) is 6.85. The van der Waals surface area contributed by atoms with Crippen LogP contribution in [0.2, 0.25) is 0 Å². The summed E-state index contributed by atoms with van der Waals surface area (Å²) in [6, 6.07) is 11.2. The molecule has 0 radical (unpaired) electrons. The highest BCUT2D eigenvalue weighted by atomic mass is 16.1. The van der Waals surface area contributed by atoms with Gasteiger partial charge < -0.3 is 16.4 Å². The van der Waals surface area contributed by atoms with Crippen LogP contribution in [-0.4, -0.2) is 16.9 Å². The predicted octanol–water partition coefficient (Wildman–Crippen LogP) is 2.18. The number of carbonyl (C=O) groups excluding carboxylic acids is 1. The maximum Gasteiger partial charge on any atom is 0.252 e. The standard InChI is InChI=1S/C16H20N4O/c1-11(2)20(10-12-6-3-4-8-14(12)17)16-13(15(18)21)7-5-9-19-16/h3-9,11H,10,17H2,1-2H3,(H2,18,21). The number of anilines is 2. The number of primary amides is 1. The van der Waals surface area contributed by atoms with Gasteiger partial charge >= 0.3 is 0 Å². The molecular weight excluding hydrogens is 264 g/mol. The quantitative estimate of drug-likeness (QED) is 0.824. The number of hydrogen-bond donors (Lipinski definition) is 2. The first-order valence-corrected chi connectivity index (χ1v) is 6.85. The van der Waals surface area contributed by atoms with Crippen LogP contribution in [0.4, 0.5) is 11.5 Å². The van der Waals surface area contributed by atoms with Crippen molar-refractivity contribution < 1.29 is 4.79 Å². The van der Waals surface area contributed by atoms with Crippen molar-refractivity contribution in [2.75, 3.05) is 10.6 Å². The summed E-state index contributed by atoms with van der Waals surface area (Å²) >= 11 is 0. The third kappa shape index (κ3) is 3.31. The molecule has 1 heterocycles. The number of carbonyl (C=O) groups is 1. The van der Waals surface area contributed by atoms with Gasteiger partial charge in [0.25, 0.3) is 5.91 Å². The molecule has 0 atom stereocenters. The zero-order valence-electron chi connectivity index (χ0n) is 12.3. The van der Waals surface area contributed by atoms with Crippen molar-refractivity contribution in [1.82, 2.24) is 4.98 Å². The Balaban J connectivity index is 2.41. The third-order valence-electron chi connectivity index (χ3n) is 3.34. The van der Waals surface area contributed by atoms with E-state index in [4.69, 9.17) is 11.5 Å². The molecule has 5 nitrogen and oxygen atoms in total. The number of aromatic nitrogens is 1. The van der Waals surface area contributed by atoms with E-state index < -0.39 is 5.91 Å². The summed E-state index contributed by atoms with van der Waals surface area (Å²) in [6.07, 6.45) is 1.66. The van der Waals surface area contributed by atoms with E-state index in [2.05, 4.69) is 4.98 Å². The highest BCUT2D eigenvalue weighted by Crippen LogP contribution is 2.23. The number of nitrogen functional groups attached to an aromatic ring is 1. The Morgan fingerprint density at radius 2 is 1.95 bits per heavy atom. The smallest absolute Gasteiger partial charge is 0.252 e. The minimum Gasteiger partial charge on any atom is -0.398 e. The van der Waals surface area contributed by atoms with Gasteiger partial charge in [0, 0.05) is 24.5 Å². The molecular formula is C16H20N4O.